The molecular formula is C38H66FeN2P2. The van der Waals surface area contributed by atoms with Crippen molar-refractivity contribution in [3.8, 4) is 0 Å². The molecule has 2 aromatic carbocycles. The Kier molecular flexibility index (Phi) is 13.9. The molecule has 2 saturated heterocycles. The van der Waals surface area contributed by atoms with Crippen LogP contribution >= 0.6 is 17.2 Å². The first-order valence-corrected chi connectivity index (χ1v) is 18.9. The van der Waals surface area contributed by atoms with Crippen LogP contribution in [0.15, 0.2) is 36.4 Å². The van der Waals surface area contributed by atoms with Crippen molar-refractivity contribution in [3.63, 3.8) is 0 Å². The zero-order valence-corrected chi connectivity index (χ0v) is 33.0. The van der Waals surface area contributed by atoms with Crippen LogP contribution < -0.4 is 10.6 Å². The maximum atomic E-state index is 3.81. The van der Waals surface area contributed by atoms with E-state index < -0.39 is 0 Å². The maximum absolute atomic E-state index is 3.81. The van der Waals surface area contributed by atoms with Gasteiger partial charge in [0.25, 0.3) is 0 Å². The second kappa shape index (κ2) is 15.3. The summed E-state index contributed by atoms with van der Waals surface area (Å²) in [6.45, 7) is 34.4. The molecule has 0 radical (unpaired) electrons. The summed E-state index contributed by atoms with van der Waals surface area (Å²) >= 11 is 0. The molecule has 0 saturated carbocycles. The Balaban J connectivity index is 0.000000973. The van der Waals surface area contributed by atoms with Crippen LogP contribution in [0.5, 0.6) is 0 Å². The number of piperidine rings is 2. The summed E-state index contributed by atoms with van der Waals surface area (Å²) in [6.07, 6.45) is 6.50. The van der Waals surface area contributed by atoms with Crippen LogP contribution in [0.1, 0.15) is 131 Å². The van der Waals surface area contributed by atoms with Crippen molar-refractivity contribution in [2.75, 3.05) is 26.2 Å². The van der Waals surface area contributed by atoms with Gasteiger partial charge in [-0.3, -0.25) is 0 Å². The summed E-state index contributed by atoms with van der Waals surface area (Å²) < 4.78 is 0. The fourth-order valence-electron chi connectivity index (χ4n) is 7.85. The fourth-order valence-corrected chi connectivity index (χ4v) is 12.3. The summed E-state index contributed by atoms with van der Waals surface area (Å²) in [4.78, 5) is 0. The smallest absolute Gasteiger partial charge is 0.316 e. The van der Waals surface area contributed by atoms with Crippen LogP contribution in [0.25, 0.3) is 0 Å². The van der Waals surface area contributed by atoms with Gasteiger partial charge in [0.1, 0.15) is 0 Å². The minimum atomic E-state index is -0.244. The summed E-state index contributed by atoms with van der Waals surface area (Å²) in [7, 11) is 3.33. The molecule has 2 aliphatic heterocycles. The Morgan fingerprint density at radius 1 is 0.814 bits per heavy atom. The van der Waals surface area contributed by atoms with E-state index in [2.05, 4.69) is 109 Å². The second-order valence-corrected chi connectivity index (χ2v) is 22.0. The SMILES string of the molecule is CC(C)(C)c1cc(C(P)(C2CCCNC2)C2CCCNC2)c(CP(C(C)(C)C)C(C)(C)C)[c-]1C(C)(C)C.[Fe+2].c1cc[cH-]c1. The first-order valence-electron chi connectivity index (χ1n) is 16.8. The van der Waals surface area contributed by atoms with Gasteiger partial charge < -0.3 is 10.6 Å². The molecule has 0 spiro atoms. The normalized spacial score (nSPS) is 21.9. The predicted octanol–water partition coefficient (Wildman–Crippen LogP) is 10.1. The number of nitrogens with one attached hydrogen (secondary N) is 2. The molecule has 246 valence electrons. The van der Waals surface area contributed by atoms with Crippen LogP contribution in [-0.4, -0.2) is 36.5 Å². The first kappa shape index (κ1) is 39.2. The largest absolute Gasteiger partial charge is 2.00 e. The predicted molar refractivity (Wildman–Crippen MR) is 194 cm³/mol. The average molecular weight is 669 g/mol. The molecule has 2 nitrogen and oxygen atoms in total. The quantitative estimate of drug-likeness (QED) is 0.188. The molecule has 0 bridgehead atoms. The minimum Gasteiger partial charge on any atom is -0.316 e. The molecule has 2 fully saturated rings. The van der Waals surface area contributed by atoms with Gasteiger partial charge >= 0.3 is 17.1 Å². The minimum absolute atomic E-state index is 0. The van der Waals surface area contributed by atoms with E-state index in [1.54, 1.807) is 22.3 Å². The van der Waals surface area contributed by atoms with E-state index in [9.17, 15) is 0 Å². The van der Waals surface area contributed by atoms with Gasteiger partial charge in [-0.2, -0.15) is 34.9 Å². The van der Waals surface area contributed by atoms with Crippen LogP contribution in [0.2, 0.25) is 0 Å². The van der Waals surface area contributed by atoms with Gasteiger partial charge in [0.15, 0.2) is 0 Å². The molecule has 3 unspecified atom stereocenters. The van der Waals surface area contributed by atoms with Crippen molar-refractivity contribution in [2.24, 2.45) is 11.8 Å². The molecule has 3 atom stereocenters. The van der Waals surface area contributed by atoms with Gasteiger partial charge in [0.05, 0.1) is 0 Å². The monoisotopic (exact) mass is 668 g/mol. The Labute approximate surface area is 281 Å². The Bertz CT molecular complexity index is 1030. The van der Waals surface area contributed by atoms with Crippen LogP contribution in [-0.2, 0) is 39.2 Å². The Morgan fingerprint density at radius 3 is 1.58 bits per heavy atom. The van der Waals surface area contributed by atoms with E-state index in [1.165, 1.54) is 44.9 Å². The van der Waals surface area contributed by atoms with Gasteiger partial charge in [-0.1, -0.05) is 96.4 Å². The molecule has 2 heterocycles. The van der Waals surface area contributed by atoms with Crippen molar-refractivity contribution in [2.45, 2.75) is 141 Å². The Morgan fingerprint density at radius 2 is 1.28 bits per heavy atom. The molecule has 0 aromatic heterocycles. The zero-order valence-electron chi connectivity index (χ0n) is 29.9. The van der Waals surface area contributed by atoms with Gasteiger partial charge in [-0.15, -0.1) is 14.8 Å². The fraction of sp³-hybridized carbons (Fsp3) is 0.737. The van der Waals surface area contributed by atoms with Crippen LogP contribution in [0, 0.1) is 11.8 Å². The third-order valence-electron chi connectivity index (χ3n) is 9.65. The molecule has 2 aromatic rings. The number of hydrogen-bond acceptors (Lipinski definition) is 2. The maximum Gasteiger partial charge on any atom is 2.00 e. The van der Waals surface area contributed by atoms with Crippen molar-refractivity contribution < 1.29 is 17.1 Å². The van der Waals surface area contributed by atoms with E-state index in [-0.39, 0.29) is 41.0 Å². The topological polar surface area (TPSA) is 24.1 Å². The molecule has 2 N–H and O–H groups in total. The average Bonchev–Trinajstić information content (AvgIpc) is 3.58. The molecule has 43 heavy (non-hydrogen) atoms. The van der Waals surface area contributed by atoms with Crippen molar-refractivity contribution in [1.82, 2.24) is 10.6 Å². The Hall–Kier alpha value is -0.000519. The molecule has 5 heteroatoms. The van der Waals surface area contributed by atoms with Gasteiger partial charge in [-0.25, -0.2) is 18.2 Å². The molecule has 0 aliphatic carbocycles. The van der Waals surface area contributed by atoms with Crippen LogP contribution in [0.3, 0.4) is 0 Å². The molecular weight excluding hydrogens is 602 g/mol. The summed E-state index contributed by atoms with van der Waals surface area (Å²) in [5, 5.41) is 8.34. The van der Waals surface area contributed by atoms with Crippen molar-refractivity contribution in [3.05, 3.63) is 58.7 Å². The second-order valence-electron chi connectivity index (χ2n) is 17.2. The molecule has 0 amide bonds. The molecule has 4 rings (SSSR count). The number of rotatable bonds is 5. The molecule has 2 aliphatic rings. The van der Waals surface area contributed by atoms with Gasteiger partial charge in [-0.05, 0) is 90.7 Å². The summed E-state index contributed by atoms with van der Waals surface area (Å²) in [6, 6.07) is 12.7. The van der Waals surface area contributed by atoms with Crippen LogP contribution in [0.4, 0.5) is 0 Å². The van der Waals surface area contributed by atoms with Crippen molar-refractivity contribution >= 4 is 17.2 Å². The van der Waals surface area contributed by atoms with E-state index >= 15 is 0 Å². The third kappa shape index (κ3) is 9.75. The van der Waals surface area contributed by atoms with Gasteiger partial charge in [0, 0.05) is 0 Å². The third-order valence-corrected chi connectivity index (χ3v) is 14.8. The van der Waals surface area contributed by atoms with Crippen molar-refractivity contribution in [1.29, 1.82) is 0 Å². The van der Waals surface area contributed by atoms with E-state index in [0.717, 1.165) is 13.1 Å². The first-order chi connectivity index (χ1) is 19.3. The standard InChI is InChI=1S/C33H61N2P2.C5H5.Fe/c1-29(2,3)27-19-26(33(36,23-15-13-17-34-20-23)24-16-14-18-35-21-24)25(28(27)30(4,5)6)22-37(31(7,8)9)32(10,11)12;1-2-4-5-3-1;/h19,23-24,34-35H,13-18,20-22,36H2,1-12H3;1-5H;/q2*-1;+2. The summed E-state index contributed by atoms with van der Waals surface area (Å²) in [5.74, 6) is 1.32. The van der Waals surface area contributed by atoms with E-state index in [4.69, 9.17) is 0 Å². The van der Waals surface area contributed by atoms with E-state index in [1.807, 2.05) is 30.3 Å². The summed E-state index contributed by atoms with van der Waals surface area (Å²) in [5.41, 5.74) is 6.92. The van der Waals surface area contributed by atoms with Gasteiger partial charge in [0.2, 0.25) is 0 Å². The number of hydrogen-bond donors (Lipinski definition) is 2. The van der Waals surface area contributed by atoms with E-state index in [0.29, 0.717) is 22.1 Å². The zero-order chi connectivity index (χ0) is 31.6.